The van der Waals surface area contributed by atoms with E-state index in [-0.39, 0.29) is 11.7 Å². The van der Waals surface area contributed by atoms with Gasteiger partial charge < -0.3 is 0 Å². The summed E-state index contributed by atoms with van der Waals surface area (Å²) in [7, 11) is 0. The van der Waals surface area contributed by atoms with Crippen molar-refractivity contribution in [1.29, 1.82) is 0 Å². The minimum atomic E-state index is 0.181. The first-order chi connectivity index (χ1) is 6.86. The molecule has 70 valence electrons. The maximum absolute atomic E-state index is 11.8. The maximum Gasteiger partial charge on any atom is 0.184 e. The summed E-state index contributed by atoms with van der Waals surface area (Å²) in [4.78, 5) is 15.9. The molecule has 2 heterocycles. The molecular formula is C10H9N3O. The first-order valence-electron chi connectivity index (χ1n) is 4.69. The Labute approximate surface area is 80.3 Å². The Balaban J connectivity index is 2.16. The SMILES string of the molecule is O=C(c1[nH]nc2ncccc12)C1CC1. The lowest BCUT2D eigenvalue weighted by Gasteiger charge is -1.93. The third-order valence-electron chi connectivity index (χ3n) is 2.52. The lowest BCUT2D eigenvalue weighted by atomic mass is 10.1. The van der Waals surface area contributed by atoms with Crippen LogP contribution in [0.25, 0.3) is 11.0 Å². The fourth-order valence-electron chi connectivity index (χ4n) is 1.59. The third kappa shape index (κ3) is 1.04. The second kappa shape index (κ2) is 2.64. The Kier molecular flexibility index (Phi) is 1.45. The van der Waals surface area contributed by atoms with Crippen LogP contribution in [-0.2, 0) is 0 Å². The van der Waals surface area contributed by atoms with Crippen molar-refractivity contribution in [2.75, 3.05) is 0 Å². The molecule has 0 unspecified atom stereocenters. The van der Waals surface area contributed by atoms with E-state index in [2.05, 4.69) is 15.2 Å². The molecule has 0 aliphatic heterocycles. The standard InChI is InChI=1S/C10H9N3O/c14-9(6-3-4-6)8-7-2-1-5-11-10(7)13-12-8/h1-2,5-6H,3-4H2,(H,11,12,13). The molecule has 4 heteroatoms. The molecule has 1 N–H and O–H groups in total. The third-order valence-corrected chi connectivity index (χ3v) is 2.52. The van der Waals surface area contributed by atoms with Crippen molar-refractivity contribution in [3.05, 3.63) is 24.0 Å². The molecule has 0 radical (unpaired) electrons. The van der Waals surface area contributed by atoms with Crippen molar-refractivity contribution in [2.45, 2.75) is 12.8 Å². The molecule has 0 amide bonds. The molecule has 2 aromatic heterocycles. The number of Topliss-reactive ketones (excluding diaryl/α,β-unsaturated/α-hetero) is 1. The van der Waals surface area contributed by atoms with E-state index in [1.54, 1.807) is 6.20 Å². The molecule has 2 aromatic rings. The number of hydrogen-bond donors (Lipinski definition) is 1. The summed E-state index contributed by atoms with van der Waals surface area (Å²) in [6.45, 7) is 0. The first-order valence-corrected chi connectivity index (χ1v) is 4.69. The lowest BCUT2D eigenvalue weighted by Crippen LogP contribution is -2.02. The van der Waals surface area contributed by atoms with E-state index in [4.69, 9.17) is 0 Å². The van der Waals surface area contributed by atoms with Crippen molar-refractivity contribution < 1.29 is 4.79 Å². The van der Waals surface area contributed by atoms with Crippen molar-refractivity contribution in [2.24, 2.45) is 5.92 Å². The molecule has 1 aliphatic carbocycles. The Morgan fingerprint density at radius 1 is 1.50 bits per heavy atom. The van der Waals surface area contributed by atoms with Crippen LogP contribution in [-0.4, -0.2) is 21.0 Å². The molecule has 4 nitrogen and oxygen atoms in total. The highest BCUT2D eigenvalue weighted by Gasteiger charge is 2.32. The van der Waals surface area contributed by atoms with Gasteiger partial charge in [0.25, 0.3) is 0 Å². The van der Waals surface area contributed by atoms with E-state index in [9.17, 15) is 4.79 Å². The van der Waals surface area contributed by atoms with E-state index < -0.39 is 0 Å². The van der Waals surface area contributed by atoms with Gasteiger partial charge in [0.15, 0.2) is 11.4 Å². The number of aromatic amines is 1. The number of H-pyrrole nitrogens is 1. The fourth-order valence-corrected chi connectivity index (χ4v) is 1.59. The van der Waals surface area contributed by atoms with Crippen LogP contribution in [0.15, 0.2) is 18.3 Å². The van der Waals surface area contributed by atoms with E-state index in [1.165, 1.54) is 0 Å². The number of rotatable bonds is 2. The van der Waals surface area contributed by atoms with Crippen LogP contribution >= 0.6 is 0 Å². The van der Waals surface area contributed by atoms with Crippen LogP contribution in [0.1, 0.15) is 23.3 Å². The van der Waals surface area contributed by atoms with Gasteiger partial charge >= 0.3 is 0 Å². The quantitative estimate of drug-likeness (QED) is 0.725. The normalized spacial score (nSPS) is 16.0. The van der Waals surface area contributed by atoms with Crippen molar-refractivity contribution in [3.63, 3.8) is 0 Å². The number of aromatic nitrogens is 3. The average Bonchev–Trinajstić information content (AvgIpc) is 2.97. The summed E-state index contributed by atoms with van der Waals surface area (Å²) < 4.78 is 0. The second-order valence-electron chi connectivity index (χ2n) is 3.61. The molecule has 0 spiro atoms. The molecule has 3 rings (SSSR count). The average molecular weight is 187 g/mol. The van der Waals surface area contributed by atoms with Crippen LogP contribution in [0.5, 0.6) is 0 Å². The largest absolute Gasteiger partial charge is 0.292 e. The van der Waals surface area contributed by atoms with Gasteiger partial charge in [-0.15, -0.1) is 0 Å². The van der Waals surface area contributed by atoms with Gasteiger partial charge in [-0.2, -0.15) is 5.10 Å². The Morgan fingerprint density at radius 2 is 2.36 bits per heavy atom. The van der Waals surface area contributed by atoms with Crippen LogP contribution in [0.3, 0.4) is 0 Å². The number of ketones is 1. The molecular weight excluding hydrogens is 178 g/mol. The van der Waals surface area contributed by atoms with Gasteiger partial charge in [-0.1, -0.05) is 0 Å². The van der Waals surface area contributed by atoms with Crippen LogP contribution in [0.2, 0.25) is 0 Å². The van der Waals surface area contributed by atoms with Crippen LogP contribution in [0.4, 0.5) is 0 Å². The Hall–Kier alpha value is -1.71. The topological polar surface area (TPSA) is 58.6 Å². The number of hydrogen-bond acceptors (Lipinski definition) is 3. The zero-order valence-corrected chi connectivity index (χ0v) is 7.53. The second-order valence-corrected chi connectivity index (χ2v) is 3.61. The zero-order valence-electron chi connectivity index (χ0n) is 7.53. The minimum absolute atomic E-state index is 0.181. The number of fused-ring (bicyclic) bond motifs is 1. The predicted molar refractivity (Wildman–Crippen MR) is 50.9 cm³/mol. The van der Waals surface area contributed by atoms with E-state index in [0.717, 1.165) is 18.2 Å². The fraction of sp³-hybridized carbons (Fsp3) is 0.300. The highest BCUT2D eigenvalue weighted by Crippen LogP contribution is 2.33. The molecule has 1 aliphatic rings. The summed E-state index contributed by atoms with van der Waals surface area (Å²) in [5, 5.41) is 7.60. The van der Waals surface area contributed by atoms with Gasteiger partial charge in [0.2, 0.25) is 0 Å². The summed E-state index contributed by atoms with van der Waals surface area (Å²) in [5.41, 5.74) is 1.24. The number of carbonyl (C=O) groups is 1. The van der Waals surface area contributed by atoms with Gasteiger partial charge in [-0.25, -0.2) is 4.98 Å². The van der Waals surface area contributed by atoms with Gasteiger partial charge in [0, 0.05) is 17.5 Å². The monoisotopic (exact) mass is 187 g/mol. The van der Waals surface area contributed by atoms with Gasteiger partial charge in [0.05, 0.1) is 0 Å². The van der Waals surface area contributed by atoms with Gasteiger partial charge in [-0.3, -0.25) is 9.89 Å². The Bertz CT molecular complexity index is 499. The molecule has 1 fully saturated rings. The number of pyridine rings is 1. The van der Waals surface area contributed by atoms with Crippen molar-refractivity contribution >= 4 is 16.8 Å². The smallest absolute Gasteiger partial charge is 0.184 e. The minimum Gasteiger partial charge on any atom is -0.292 e. The Morgan fingerprint density at radius 3 is 3.14 bits per heavy atom. The van der Waals surface area contributed by atoms with E-state index in [1.807, 2.05) is 12.1 Å². The van der Waals surface area contributed by atoms with E-state index >= 15 is 0 Å². The molecule has 0 bridgehead atoms. The number of nitrogens with one attached hydrogen (secondary N) is 1. The summed E-state index contributed by atoms with van der Waals surface area (Å²) in [6.07, 6.45) is 3.70. The van der Waals surface area contributed by atoms with E-state index in [0.29, 0.717) is 11.3 Å². The van der Waals surface area contributed by atoms with Crippen LogP contribution < -0.4 is 0 Å². The molecule has 1 saturated carbocycles. The van der Waals surface area contributed by atoms with Gasteiger partial charge in [0.1, 0.15) is 5.69 Å². The summed E-state index contributed by atoms with van der Waals surface area (Å²) >= 11 is 0. The molecule has 0 atom stereocenters. The molecule has 0 aromatic carbocycles. The highest BCUT2D eigenvalue weighted by molar-refractivity contribution is 6.07. The van der Waals surface area contributed by atoms with Crippen LogP contribution in [0, 0.1) is 5.92 Å². The maximum atomic E-state index is 11.8. The molecule has 0 saturated heterocycles. The van der Waals surface area contributed by atoms with Crippen molar-refractivity contribution in [3.8, 4) is 0 Å². The van der Waals surface area contributed by atoms with Crippen molar-refractivity contribution in [1.82, 2.24) is 15.2 Å². The number of carbonyl (C=O) groups excluding carboxylic acids is 1. The molecule has 14 heavy (non-hydrogen) atoms. The predicted octanol–water partition coefficient (Wildman–Crippen LogP) is 1.55. The zero-order chi connectivity index (χ0) is 9.54. The highest BCUT2D eigenvalue weighted by atomic mass is 16.1. The van der Waals surface area contributed by atoms with Gasteiger partial charge in [-0.05, 0) is 25.0 Å². The number of nitrogens with zero attached hydrogens (tertiary/aromatic N) is 2. The summed E-state index contributed by atoms with van der Waals surface area (Å²) in [5.74, 6) is 0.402. The summed E-state index contributed by atoms with van der Waals surface area (Å²) in [6, 6.07) is 3.70. The lowest BCUT2D eigenvalue weighted by molar-refractivity contribution is 0.0964. The first kappa shape index (κ1) is 7.67.